The van der Waals surface area contributed by atoms with Crippen molar-refractivity contribution in [3.05, 3.63) is 24.3 Å². The molecule has 1 saturated heterocycles. The SMILES string of the molecule is CN(C)CCC(=O)NC(CC(=O)NC(C(=N)N)C1CCCNC1)C(=O)N(CCNC(=O)c1cnccn1)C1CC1. The van der Waals surface area contributed by atoms with E-state index in [1.807, 2.05) is 19.0 Å². The molecule has 3 atom stereocenters. The van der Waals surface area contributed by atoms with Crippen LogP contribution in [0.5, 0.6) is 0 Å². The van der Waals surface area contributed by atoms with Crippen molar-refractivity contribution in [3.63, 3.8) is 0 Å². The van der Waals surface area contributed by atoms with Gasteiger partial charge in [0.25, 0.3) is 5.91 Å². The molecular weight excluding hydrogens is 516 g/mol. The van der Waals surface area contributed by atoms with Gasteiger partial charge in [0.05, 0.1) is 18.7 Å². The van der Waals surface area contributed by atoms with Gasteiger partial charge >= 0.3 is 0 Å². The van der Waals surface area contributed by atoms with E-state index in [0.29, 0.717) is 13.1 Å². The summed E-state index contributed by atoms with van der Waals surface area (Å²) < 4.78 is 0. The maximum atomic E-state index is 13.7. The smallest absolute Gasteiger partial charge is 0.271 e. The van der Waals surface area contributed by atoms with Crippen molar-refractivity contribution in [2.75, 3.05) is 46.8 Å². The van der Waals surface area contributed by atoms with Gasteiger partial charge in [-0.25, -0.2) is 4.98 Å². The Morgan fingerprint density at radius 2 is 1.90 bits per heavy atom. The van der Waals surface area contributed by atoms with E-state index >= 15 is 0 Å². The van der Waals surface area contributed by atoms with Crippen molar-refractivity contribution >= 4 is 29.5 Å². The van der Waals surface area contributed by atoms with Crippen LogP contribution in [0, 0.1) is 11.3 Å². The Labute approximate surface area is 234 Å². The molecule has 14 heteroatoms. The second-order valence-corrected chi connectivity index (χ2v) is 10.6. The molecule has 2 aliphatic rings. The lowest BCUT2D eigenvalue weighted by Gasteiger charge is -2.32. The van der Waals surface area contributed by atoms with Crippen LogP contribution in [-0.2, 0) is 14.4 Å². The third-order valence-corrected chi connectivity index (χ3v) is 6.97. The van der Waals surface area contributed by atoms with Gasteiger partial charge in [-0.15, -0.1) is 0 Å². The fourth-order valence-electron chi connectivity index (χ4n) is 4.68. The molecule has 3 rings (SSSR count). The highest BCUT2D eigenvalue weighted by atomic mass is 16.2. The van der Waals surface area contributed by atoms with Crippen LogP contribution in [0.1, 0.15) is 49.0 Å². The fraction of sp³-hybridized carbons (Fsp3) is 0.654. The zero-order valence-corrected chi connectivity index (χ0v) is 23.3. The van der Waals surface area contributed by atoms with Gasteiger partial charge in [-0.2, -0.15) is 0 Å². The summed E-state index contributed by atoms with van der Waals surface area (Å²) in [4.78, 5) is 63.3. The van der Waals surface area contributed by atoms with E-state index in [1.54, 1.807) is 4.90 Å². The first-order chi connectivity index (χ1) is 19.2. The number of carbonyl (C=O) groups is 4. The van der Waals surface area contributed by atoms with E-state index in [2.05, 4.69) is 31.2 Å². The van der Waals surface area contributed by atoms with Gasteiger partial charge in [0.15, 0.2) is 0 Å². The largest absolute Gasteiger partial charge is 0.386 e. The highest BCUT2D eigenvalue weighted by Crippen LogP contribution is 2.27. The maximum Gasteiger partial charge on any atom is 0.271 e. The third kappa shape index (κ3) is 9.83. The van der Waals surface area contributed by atoms with Crippen LogP contribution in [0.3, 0.4) is 0 Å². The number of nitrogens with one attached hydrogen (secondary N) is 5. The molecule has 1 saturated carbocycles. The van der Waals surface area contributed by atoms with Gasteiger partial charge in [0.1, 0.15) is 17.6 Å². The minimum absolute atomic E-state index is 0.0246. The van der Waals surface area contributed by atoms with Crippen molar-refractivity contribution in [1.82, 2.24) is 41.0 Å². The van der Waals surface area contributed by atoms with E-state index in [-0.39, 0.29) is 61.2 Å². The van der Waals surface area contributed by atoms with Crippen molar-refractivity contribution in [2.45, 2.75) is 56.7 Å². The number of piperidine rings is 1. The highest BCUT2D eigenvalue weighted by molar-refractivity contribution is 5.94. The maximum absolute atomic E-state index is 13.7. The van der Waals surface area contributed by atoms with Gasteiger partial charge in [-0.1, -0.05) is 0 Å². The molecule has 0 spiro atoms. The normalized spacial score (nSPS) is 18.3. The van der Waals surface area contributed by atoms with Crippen LogP contribution in [0.2, 0.25) is 0 Å². The van der Waals surface area contributed by atoms with Crippen LogP contribution in [0.4, 0.5) is 0 Å². The minimum Gasteiger partial charge on any atom is -0.386 e. The minimum atomic E-state index is -1.09. The Kier molecular flexibility index (Phi) is 11.8. The zero-order valence-electron chi connectivity index (χ0n) is 23.3. The number of hydrogen-bond donors (Lipinski definition) is 6. The van der Waals surface area contributed by atoms with Crippen molar-refractivity contribution in [1.29, 1.82) is 5.41 Å². The topological polar surface area (TPSA) is 199 Å². The molecule has 0 aromatic carbocycles. The van der Waals surface area contributed by atoms with Crippen molar-refractivity contribution in [3.8, 4) is 0 Å². The third-order valence-electron chi connectivity index (χ3n) is 6.97. The monoisotopic (exact) mass is 558 g/mol. The molecule has 1 aromatic heterocycles. The number of rotatable bonds is 15. The quantitative estimate of drug-likeness (QED) is 0.109. The standard InChI is InChI=1S/C26H42N10O4/c1-35(2)12-7-21(37)33-19(14-22(38)34-23(24(27)28)17-4-3-8-29-15-17)26(40)36(18-5-6-18)13-11-32-25(39)20-16-30-9-10-31-20/h9-10,16-19,23,29H,3-8,11-15H2,1-2H3,(H3,27,28)(H,32,39)(H,33,37)(H,34,38). The zero-order chi connectivity index (χ0) is 29.1. The molecule has 0 radical (unpaired) electrons. The Hall–Kier alpha value is -3.65. The van der Waals surface area contributed by atoms with Crippen LogP contribution in [0.15, 0.2) is 18.6 Å². The Morgan fingerprint density at radius 3 is 2.50 bits per heavy atom. The summed E-state index contributed by atoms with van der Waals surface area (Å²) in [5.74, 6) is -1.77. The van der Waals surface area contributed by atoms with Gasteiger partial charge < -0.3 is 36.8 Å². The molecule has 4 amide bonds. The number of nitrogens with zero attached hydrogens (tertiary/aromatic N) is 4. The first-order valence-corrected chi connectivity index (χ1v) is 13.8. The van der Waals surface area contributed by atoms with E-state index in [1.165, 1.54) is 18.6 Å². The molecule has 1 aliphatic heterocycles. The molecule has 0 bridgehead atoms. The summed E-state index contributed by atoms with van der Waals surface area (Å²) in [7, 11) is 3.69. The van der Waals surface area contributed by atoms with Crippen LogP contribution in [0.25, 0.3) is 0 Å². The summed E-state index contributed by atoms with van der Waals surface area (Å²) >= 11 is 0. The second-order valence-electron chi connectivity index (χ2n) is 10.6. The number of aromatic nitrogens is 2. The molecule has 3 unspecified atom stereocenters. The van der Waals surface area contributed by atoms with Gasteiger partial charge in [0.2, 0.25) is 17.7 Å². The lowest BCUT2D eigenvalue weighted by atomic mass is 9.90. The summed E-state index contributed by atoms with van der Waals surface area (Å²) in [5.41, 5.74) is 5.99. The van der Waals surface area contributed by atoms with Crippen LogP contribution >= 0.6 is 0 Å². The molecule has 220 valence electrons. The van der Waals surface area contributed by atoms with E-state index in [9.17, 15) is 19.2 Å². The van der Waals surface area contributed by atoms with Crippen molar-refractivity contribution in [2.24, 2.45) is 11.7 Å². The molecule has 14 nitrogen and oxygen atoms in total. The lowest BCUT2D eigenvalue weighted by Crippen LogP contribution is -2.56. The van der Waals surface area contributed by atoms with Gasteiger partial charge in [-0.05, 0) is 52.2 Å². The number of hydrogen-bond acceptors (Lipinski definition) is 9. The predicted octanol–water partition coefficient (Wildman–Crippen LogP) is -1.56. The van der Waals surface area contributed by atoms with Crippen molar-refractivity contribution < 1.29 is 19.2 Å². The average Bonchev–Trinajstić information content (AvgIpc) is 3.78. The Morgan fingerprint density at radius 1 is 1.12 bits per heavy atom. The van der Waals surface area contributed by atoms with Crippen LogP contribution in [-0.4, -0.2) is 114 Å². The molecule has 2 fully saturated rings. The number of amidine groups is 1. The Bertz CT molecular complexity index is 1030. The van der Waals surface area contributed by atoms with Gasteiger partial charge in [0, 0.05) is 51.0 Å². The van der Waals surface area contributed by atoms with E-state index in [0.717, 1.165) is 32.2 Å². The summed E-state index contributed by atoms with van der Waals surface area (Å²) in [6.07, 6.45) is 7.47. The van der Waals surface area contributed by atoms with E-state index in [4.69, 9.17) is 11.1 Å². The predicted molar refractivity (Wildman–Crippen MR) is 148 cm³/mol. The van der Waals surface area contributed by atoms with E-state index < -0.39 is 23.9 Å². The highest BCUT2D eigenvalue weighted by Gasteiger charge is 2.37. The number of amides is 4. The Balaban J connectivity index is 1.66. The first-order valence-electron chi connectivity index (χ1n) is 13.8. The number of carbonyl (C=O) groups excluding carboxylic acids is 4. The second kappa shape index (κ2) is 15.2. The summed E-state index contributed by atoms with van der Waals surface area (Å²) in [5, 5.41) is 19.6. The lowest BCUT2D eigenvalue weighted by molar-refractivity contribution is -0.139. The molecule has 1 aliphatic carbocycles. The van der Waals surface area contributed by atoms with Gasteiger partial charge in [-0.3, -0.25) is 29.6 Å². The van der Waals surface area contributed by atoms with Crippen LogP contribution < -0.4 is 27.0 Å². The average molecular weight is 559 g/mol. The molecule has 7 N–H and O–H groups in total. The fourth-order valence-corrected chi connectivity index (χ4v) is 4.68. The molecule has 1 aromatic rings. The number of nitrogens with two attached hydrogens (primary N) is 1. The first kappa shape index (κ1) is 30.9. The summed E-state index contributed by atoms with van der Waals surface area (Å²) in [6.45, 7) is 2.38. The molecule has 40 heavy (non-hydrogen) atoms. The molecular formula is C26H42N10O4. The molecule has 2 heterocycles. The summed E-state index contributed by atoms with van der Waals surface area (Å²) in [6, 6.07) is -1.78.